The zero-order valence-electron chi connectivity index (χ0n) is 17.7. The molecular formula is C24H35N3O2. The smallest absolute Gasteiger partial charge is 0.238 e. The van der Waals surface area contributed by atoms with Crippen LogP contribution in [0.2, 0.25) is 0 Å². The first kappa shape index (κ1) is 20.4. The van der Waals surface area contributed by atoms with Gasteiger partial charge < -0.3 is 10.2 Å². The second-order valence-corrected chi connectivity index (χ2v) is 8.91. The van der Waals surface area contributed by atoms with Gasteiger partial charge in [-0.1, -0.05) is 44.0 Å². The van der Waals surface area contributed by atoms with Crippen LogP contribution in [0.3, 0.4) is 0 Å². The summed E-state index contributed by atoms with van der Waals surface area (Å²) < 4.78 is 0. The summed E-state index contributed by atoms with van der Waals surface area (Å²) in [5.41, 5.74) is 2.68. The zero-order valence-corrected chi connectivity index (χ0v) is 17.7. The van der Waals surface area contributed by atoms with Gasteiger partial charge in [-0.25, -0.2) is 0 Å². The highest BCUT2D eigenvalue weighted by atomic mass is 16.2. The minimum atomic E-state index is -0.0505. The van der Waals surface area contributed by atoms with E-state index in [0.717, 1.165) is 58.3 Å². The largest absolute Gasteiger partial charge is 0.348 e. The minimum Gasteiger partial charge on any atom is -0.348 e. The third-order valence-electron chi connectivity index (χ3n) is 7.16. The fraction of sp³-hybridized carbons (Fsp3) is 0.667. The minimum absolute atomic E-state index is 0.0505. The van der Waals surface area contributed by atoms with Gasteiger partial charge in [0.1, 0.15) is 0 Å². The lowest BCUT2D eigenvalue weighted by atomic mass is 9.87. The van der Waals surface area contributed by atoms with Crippen LogP contribution in [-0.2, 0) is 16.0 Å². The number of amides is 2. The lowest BCUT2D eigenvalue weighted by Crippen LogP contribution is -2.58. The van der Waals surface area contributed by atoms with Crippen molar-refractivity contribution in [2.45, 2.75) is 70.4 Å². The zero-order chi connectivity index (χ0) is 20.2. The fourth-order valence-electron chi connectivity index (χ4n) is 5.59. The quantitative estimate of drug-likeness (QED) is 0.829. The first-order valence-electron chi connectivity index (χ1n) is 11.6. The van der Waals surface area contributed by atoms with E-state index in [-0.39, 0.29) is 23.9 Å². The molecule has 1 saturated heterocycles. The standard InChI is InChI=1S/C24H35N3O2/c1-2-22(28)26-14-16-27(17-15-26)23(19-9-3-4-10-19)24(29)25-21-13-7-11-18-8-5-6-12-20(18)21/h5-6,8,12,19,21,23H,2-4,7,9-11,13-17H2,1H3,(H,25,29). The van der Waals surface area contributed by atoms with E-state index in [1.165, 1.54) is 24.0 Å². The molecule has 2 atom stereocenters. The molecule has 0 bridgehead atoms. The van der Waals surface area contributed by atoms with E-state index < -0.39 is 0 Å². The van der Waals surface area contributed by atoms with E-state index in [4.69, 9.17) is 0 Å². The van der Waals surface area contributed by atoms with E-state index in [1.807, 2.05) is 11.8 Å². The van der Waals surface area contributed by atoms with Crippen molar-refractivity contribution in [3.05, 3.63) is 35.4 Å². The molecule has 29 heavy (non-hydrogen) atoms. The molecule has 2 amide bonds. The first-order chi connectivity index (χ1) is 14.2. The molecular weight excluding hydrogens is 362 g/mol. The second kappa shape index (κ2) is 9.29. The summed E-state index contributed by atoms with van der Waals surface area (Å²) in [6, 6.07) is 8.65. The van der Waals surface area contributed by atoms with Crippen LogP contribution >= 0.6 is 0 Å². The number of hydrogen-bond acceptors (Lipinski definition) is 3. The Labute approximate surface area is 174 Å². The number of carbonyl (C=O) groups excluding carboxylic acids is 2. The van der Waals surface area contributed by atoms with Gasteiger partial charge in [0.15, 0.2) is 0 Å². The molecule has 1 aliphatic heterocycles. The van der Waals surface area contributed by atoms with Crippen LogP contribution in [0.1, 0.15) is 69.0 Å². The van der Waals surface area contributed by atoms with Crippen LogP contribution in [-0.4, -0.2) is 53.8 Å². The average Bonchev–Trinajstić information content (AvgIpc) is 3.28. The summed E-state index contributed by atoms with van der Waals surface area (Å²) in [4.78, 5) is 29.9. The van der Waals surface area contributed by atoms with E-state index >= 15 is 0 Å². The molecule has 2 aliphatic carbocycles. The van der Waals surface area contributed by atoms with Crippen LogP contribution in [0.5, 0.6) is 0 Å². The molecule has 2 unspecified atom stereocenters. The monoisotopic (exact) mass is 397 g/mol. The van der Waals surface area contributed by atoms with Crippen LogP contribution in [0, 0.1) is 5.92 Å². The maximum atomic E-state index is 13.5. The molecule has 3 aliphatic rings. The normalized spacial score (nSPS) is 24.2. The highest BCUT2D eigenvalue weighted by Crippen LogP contribution is 2.33. The van der Waals surface area contributed by atoms with Gasteiger partial charge in [0.2, 0.25) is 11.8 Å². The second-order valence-electron chi connectivity index (χ2n) is 8.91. The number of nitrogens with one attached hydrogen (secondary N) is 1. The first-order valence-corrected chi connectivity index (χ1v) is 11.6. The van der Waals surface area contributed by atoms with Crippen molar-refractivity contribution in [2.75, 3.05) is 26.2 Å². The lowest BCUT2D eigenvalue weighted by Gasteiger charge is -2.41. The number of carbonyl (C=O) groups is 2. The summed E-state index contributed by atoms with van der Waals surface area (Å²) in [5, 5.41) is 3.43. The van der Waals surface area contributed by atoms with Gasteiger partial charge in [0.05, 0.1) is 12.1 Å². The SMILES string of the molecule is CCC(=O)N1CCN(C(C(=O)NC2CCCc3ccccc32)C2CCCC2)CC1. The maximum Gasteiger partial charge on any atom is 0.238 e. The highest BCUT2D eigenvalue weighted by molar-refractivity contribution is 5.83. The third-order valence-corrected chi connectivity index (χ3v) is 7.16. The van der Waals surface area contributed by atoms with Crippen molar-refractivity contribution < 1.29 is 9.59 Å². The highest BCUT2D eigenvalue weighted by Gasteiger charge is 2.38. The summed E-state index contributed by atoms with van der Waals surface area (Å²) in [5.74, 6) is 0.876. The Balaban J connectivity index is 1.46. The van der Waals surface area contributed by atoms with Crippen molar-refractivity contribution in [2.24, 2.45) is 5.92 Å². The molecule has 1 heterocycles. The van der Waals surface area contributed by atoms with E-state index in [9.17, 15) is 9.59 Å². The summed E-state index contributed by atoms with van der Waals surface area (Å²) in [6.07, 6.45) is 8.59. The molecule has 5 nitrogen and oxygen atoms in total. The van der Waals surface area contributed by atoms with Crippen molar-refractivity contribution in [1.82, 2.24) is 15.1 Å². The number of fused-ring (bicyclic) bond motifs is 1. The van der Waals surface area contributed by atoms with Gasteiger partial charge in [-0.15, -0.1) is 0 Å². The molecule has 4 rings (SSSR count). The molecule has 0 aromatic heterocycles. The summed E-state index contributed by atoms with van der Waals surface area (Å²) in [6.45, 7) is 5.03. The van der Waals surface area contributed by atoms with Gasteiger partial charge in [0, 0.05) is 32.6 Å². The van der Waals surface area contributed by atoms with Gasteiger partial charge >= 0.3 is 0 Å². The van der Waals surface area contributed by atoms with Crippen LogP contribution < -0.4 is 5.32 Å². The van der Waals surface area contributed by atoms with Crippen LogP contribution in [0.25, 0.3) is 0 Å². The molecule has 0 spiro atoms. The topological polar surface area (TPSA) is 52.7 Å². The van der Waals surface area contributed by atoms with E-state index in [1.54, 1.807) is 0 Å². The summed E-state index contributed by atoms with van der Waals surface area (Å²) in [7, 11) is 0. The van der Waals surface area contributed by atoms with Crippen molar-refractivity contribution in [3.8, 4) is 0 Å². The van der Waals surface area contributed by atoms with Gasteiger partial charge in [-0.2, -0.15) is 0 Å². The van der Waals surface area contributed by atoms with Gasteiger partial charge in [-0.3, -0.25) is 14.5 Å². The Morgan fingerprint density at radius 2 is 1.76 bits per heavy atom. The van der Waals surface area contributed by atoms with E-state index in [2.05, 4.69) is 34.5 Å². The number of piperazine rings is 1. The lowest BCUT2D eigenvalue weighted by molar-refractivity contribution is -0.135. The molecule has 1 N–H and O–H groups in total. The van der Waals surface area contributed by atoms with Crippen LogP contribution in [0.15, 0.2) is 24.3 Å². The fourth-order valence-corrected chi connectivity index (χ4v) is 5.59. The number of nitrogens with zero attached hydrogens (tertiary/aromatic N) is 2. The molecule has 1 aromatic rings. The molecule has 5 heteroatoms. The van der Waals surface area contributed by atoms with E-state index in [0.29, 0.717) is 12.3 Å². The van der Waals surface area contributed by atoms with Crippen molar-refractivity contribution >= 4 is 11.8 Å². The number of hydrogen-bond donors (Lipinski definition) is 1. The average molecular weight is 398 g/mol. The van der Waals surface area contributed by atoms with Crippen molar-refractivity contribution in [1.29, 1.82) is 0 Å². The van der Waals surface area contributed by atoms with Gasteiger partial charge in [0.25, 0.3) is 0 Å². The Kier molecular flexibility index (Phi) is 6.53. The third kappa shape index (κ3) is 4.50. The molecule has 1 aromatic carbocycles. The Morgan fingerprint density at radius 3 is 2.48 bits per heavy atom. The Bertz CT molecular complexity index is 721. The number of aryl methyl sites for hydroxylation is 1. The molecule has 2 fully saturated rings. The number of benzene rings is 1. The number of rotatable bonds is 5. The van der Waals surface area contributed by atoms with Crippen LogP contribution in [0.4, 0.5) is 0 Å². The maximum absolute atomic E-state index is 13.5. The predicted molar refractivity (Wildman–Crippen MR) is 114 cm³/mol. The molecule has 0 radical (unpaired) electrons. The van der Waals surface area contributed by atoms with Crippen molar-refractivity contribution in [3.63, 3.8) is 0 Å². The Hall–Kier alpha value is -1.88. The van der Waals surface area contributed by atoms with Gasteiger partial charge in [-0.05, 0) is 49.1 Å². The molecule has 1 saturated carbocycles. The Morgan fingerprint density at radius 1 is 1.03 bits per heavy atom. The molecule has 158 valence electrons. The summed E-state index contributed by atoms with van der Waals surface area (Å²) >= 11 is 0. The predicted octanol–water partition coefficient (Wildman–Crippen LogP) is 3.29.